The Morgan fingerprint density at radius 2 is 1.96 bits per heavy atom. The molecular formula is C16H21N3O5. The Morgan fingerprint density at radius 1 is 1.29 bits per heavy atom. The van der Waals surface area contributed by atoms with Gasteiger partial charge in [0.2, 0.25) is 0 Å². The maximum absolute atomic E-state index is 12.1. The van der Waals surface area contributed by atoms with Gasteiger partial charge in [-0.3, -0.25) is 4.90 Å². The normalized spacial score (nSPS) is 17.2. The van der Waals surface area contributed by atoms with Gasteiger partial charge in [-0.15, -0.1) is 0 Å². The Balaban J connectivity index is 1.90. The molecule has 3 amide bonds. The molecule has 0 spiro atoms. The first kappa shape index (κ1) is 17.6. The molecule has 1 aromatic rings. The van der Waals surface area contributed by atoms with Gasteiger partial charge in [0.1, 0.15) is 5.60 Å². The van der Waals surface area contributed by atoms with E-state index in [1.807, 2.05) is 6.07 Å². The zero-order valence-electron chi connectivity index (χ0n) is 13.9. The quantitative estimate of drug-likeness (QED) is 0.823. The number of hydrogen-bond donors (Lipinski definition) is 2. The number of rotatable bonds is 3. The van der Waals surface area contributed by atoms with Crippen molar-refractivity contribution >= 4 is 23.8 Å². The van der Waals surface area contributed by atoms with Crippen LogP contribution in [0, 0.1) is 0 Å². The number of urea groups is 1. The van der Waals surface area contributed by atoms with Gasteiger partial charge in [0.15, 0.2) is 12.8 Å². The average Bonchev–Trinajstić information content (AvgIpc) is 2.85. The number of hydrogen-bond acceptors (Lipinski definition) is 5. The lowest BCUT2D eigenvalue weighted by molar-refractivity contribution is -0.138. The first-order valence-corrected chi connectivity index (χ1v) is 7.52. The van der Waals surface area contributed by atoms with E-state index < -0.39 is 29.7 Å². The molecule has 1 fully saturated rings. The fourth-order valence-corrected chi connectivity index (χ4v) is 2.03. The standard InChI is InChI=1S/C16H21N3O5/c1-16(2,3)24-15(22)19-10-23-13(20)12(19)9-17-14(21)18-11-7-5-4-6-8-11/h4-8,12H,9-10H2,1-3H3,(H2,17,18,21)/t12-/m0/s1. The highest BCUT2D eigenvalue weighted by Gasteiger charge is 2.40. The van der Waals surface area contributed by atoms with Crippen LogP contribution in [-0.4, -0.2) is 47.9 Å². The first-order chi connectivity index (χ1) is 11.3. The van der Waals surface area contributed by atoms with Gasteiger partial charge in [-0.25, -0.2) is 14.4 Å². The molecule has 1 aromatic carbocycles. The van der Waals surface area contributed by atoms with Gasteiger partial charge >= 0.3 is 18.1 Å². The van der Waals surface area contributed by atoms with Crippen LogP contribution in [-0.2, 0) is 14.3 Å². The number of ether oxygens (including phenoxy) is 2. The minimum atomic E-state index is -0.915. The van der Waals surface area contributed by atoms with E-state index in [4.69, 9.17) is 9.47 Å². The molecule has 2 N–H and O–H groups in total. The van der Waals surface area contributed by atoms with Crippen LogP contribution in [0.25, 0.3) is 0 Å². The summed E-state index contributed by atoms with van der Waals surface area (Å²) in [7, 11) is 0. The number of anilines is 1. The van der Waals surface area contributed by atoms with Gasteiger partial charge in [0.05, 0.1) is 6.54 Å². The summed E-state index contributed by atoms with van der Waals surface area (Å²) in [5.74, 6) is -0.583. The predicted octanol–water partition coefficient (Wildman–Crippen LogP) is 1.93. The lowest BCUT2D eigenvalue weighted by Crippen LogP contribution is -2.48. The fourth-order valence-electron chi connectivity index (χ4n) is 2.03. The SMILES string of the molecule is CC(C)(C)OC(=O)N1COC(=O)[C@@H]1CNC(=O)Nc1ccccc1. The van der Waals surface area contributed by atoms with Crippen LogP contribution < -0.4 is 10.6 Å². The molecule has 0 saturated carbocycles. The van der Waals surface area contributed by atoms with Crippen molar-refractivity contribution in [2.24, 2.45) is 0 Å². The van der Waals surface area contributed by atoms with Crippen molar-refractivity contribution in [2.75, 3.05) is 18.6 Å². The molecule has 8 heteroatoms. The van der Waals surface area contributed by atoms with Gasteiger partial charge < -0.3 is 20.1 Å². The lowest BCUT2D eigenvalue weighted by Gasteiger charge is -2.25. The van der Waals surface area contributed by atoms with E-state index >= 15 is 0 Å². The number of carbonyl (C=O) groups excluding carboxylic acids is 3. The topological polar surface area (TPSA) is 97.0 Å². The maximum atomic E-state index is 12.1. The smallest absolute Gasteiger partial charge is 0.413 e. The van der Waals surface area contributed by atoms with Crippen LogP contribution in [0.5, 0.6) is 0 Å². The zero-order valence-corrected chi connectivity index (χ0v) is 13.9. The molecule has 0 unspecified atom stereocenters. The zero-order chi connectivity index (χ0) is 17.7. The largest absolute Gasteiger partial charge is 0.444 e. The summed E-state index contributed by atoms with van der Waals surface area (Å²) >= 11 is 0. The number of cyclic esters (lactones) is 1. The molecule has 1 aliphatic heterocycles. The number of para-hydroxylation sites is 1. The van der Waals surface area contributed by atoms with E-state index in [0.717, 1.165) is 4.90 Å². The summed E-state index contributed by atoms with van der Waals surface area (Å²) in [5, 5.41) is 5.18. The van der Waals surface area contributed by atoms with E-state index in [2.05, 4.69) is 10.6 Å². The van der Waals surface area contributed by atoms with Crippen molar-refractivity contribution in [3.63, 3.8) is 0 Å². The minimum Gasteiger partial charge on any atom is -0.444 e. The third-order valence-corrected chi connectivity index (χ3v) is 3.11. The van der Waals surface area contributed by atoms with Crippen molar-refractivity contribution in [1.29, 1.82) is 0 Å². The van der Waals surface area contributed by atoms with Gasteiger partial charge in [-0.1, -0.05) is 18.2 Å². The van der Waals surface area contributed by atoms with E-state index in [9.17, 15) is 14.4 Å². The second-order valence-corrected chi connectivity index (χ2v) is 6.26. The summed E-state index contributed by atoms with van der Waals surface area (Å²) in [5.41, 5.74) is -0.0706. The summed E-state index contributed by atoms with van der Waals surface area (Å²) in [6, 6.07) is 7.47. The van der Waals surface area contributed by atoms with Crippen LogP contribution in [0.4, 0.5) is 15.3 Å². The molecule has 0 bridgehead atoms. The molecule has 0 radical (unpaired) electrons. The number of benzene rings is 1. The molecule has 1 aliphatic rings. The highest BCUT2D eigenvalue weighted by molar-refractivity contribution is 5.90. The summed E-state index contributed by atoms with van der Waals surface area (Å²) in [6.07, 6.45) is -0.663. The average molecular weight is 335 g/mol. The first-order valence-electron chi connectivity index (χ1n) is 7.52. The van der Waals surface area contributed by atoms with E-state index in [1.165, 1.54) is 0 Å². The Hall–Kier alpha value is -2.77. The van der Waals surface area contributed by atoms with E-state index in [-0.39, 0.29) is 13.3 Å². The Morgan fingerprint density at radius 3 is 2.58 bits per heavy atom. The minimum absolute atomic E-state index is 0.0727. The third-order valence-electron chi connectivity index (χ3n) is 3.11. The predicted molar refractivity (Wildman–Crippen MR) is 86.3 cm³/mol. The van der Waals surface area contributed by atoms with Crippen LogP contribution in [0.3, 0.4) is 0 Å². The van der Waals surface area contributed by atoms with Crippen molar-refractivity contribution in [3.8, 4) is 0 Å². The monoisotopic (exact) mass is 335 g/mol. The van der Waals surface area contributed by atoms with Crippen LogP contribution in [0.2, 0.25) is 0 Å². The molecule has 1 heterocycles. The molecule has 1 saturated heterocycles. The number of amides is 3. The maximum Gasteiger partial charge on any atom is 0.413 e. The number of nitrogens with one attached hydrogen (secondary N) is 2. The number of esters is 1. The molecule has 0 aromatic heterocycles. The molecule has 1 atom stereocenters. The van der Waals surface area contributed by atoms with Crippen molar-refractivity contribution in [3.05, 3.63) is 30.3 Å². The van der Waals surface area contributed by atoms with Crippen molar-refractivity contribution in [2.45, 2.75) is 32.4 Å². The van der Waals surface area contributed by atoms with Crippen LogP contribution in [0.15, 0.2) is 30.3 Å². The van der Waals surface area contributed by atoms with E-state index in [0.29, 0.717) is 5.69 Å². The molecule has 130 valence electrons. The number of nitrogens with zero attached hydrogens (tertiary/aromatic N) is 1. The molecule has 2 rings (SSSR count). The highest BCUT2D eigenvalue weighted by Crippen LogP contribution is 2.16. The second-order valence-electron chi connectivity index (χ2n) is 6.26. The Kier molecular flexibility index (Phi) is 5.28. The number of carbonyl (C=O) groups is 3. The summed E-state index contributed by atoms with van der Waals surface area (Å²) in [4.78, 5) is 36.9. The van der Waals surface area contributed by atoms with Crippen molar-refractivity contribution < 1.29 is 23.9 Å². The Bertz CT molecular complexity index is 612. The van der Waals surface area contributed by atoms with Gasteiger partial charge in [0.25, 0.3) is 0 Å². The summed E-state index contributed by atoms with van der Waals surface area (Å²) in [6.45, 7) is 4.91. The third kappa shape index (κ3) is 4.87. The molecule has 24 heavy (non-hydrogen) atoms. The van der Waals surface area contributed by atoms with Gasteiger partial charge in [-0.2, -0.15) is 0 Å². The van der Waals surface area contributed by atoms with Crippen molar-refractivity contribution in [1.82, 2.24) is 10.2 Å². The van der Waals surface area contributed by atoms with Crippen LogP contribution >= 0.6 is 0 Å². The Labute approximate surface area is 140 Å². The van der Waals surface area contributed by atoms with Crippen LogP contribution in [0.1, 0.15) is 20.8 Å². The second kappa shape index (κ2) is 7.20. The molecule has 8 nitrogen and oxygen atoms in total. The highest BCUT2D eigenvalue weighted by atomic mass is 16.6. The molecular weight excluding hydrogens is 314 g/mol. The fraction of sp³-hybridized carbons (Fsp3) is 0.438. The molecule has 0 aliphatic carbocycles. The van der Waals surface area contributed by atoms with E-state index in [1.54, 1.807) is 45.0 Å². The van der Waals surface area contributed by atoms with Gasteiger partial charge in [-0.05, 0) is 32.9 Å². The van der Waals surface area contributed by atoms with Gasteiger partial charge in [0, 0.05) is 5.69 Å². The summed E-state index contributed by atoms with van der Waals surface area (Å²) < 4.78 is 10.1. The lowest BCUT2D eigenvalue weighted by atomic mass is 10.2.